The van der Waals surface area contributed by atoms with E-state index in [1.54, 1.807) is 0 Å². The van der Waals surface area contributed by atoms with Crippen molar-refractivity contribution in [2.75, 3.05) is 6.54 Å². The quantitative estimate of drug-likeness (QED) is 0.690. The summed E-state index contributed by atoms with van der Waals surface area (Å²) in [6, 6.07) is 10.2. The smallest absolute Gasteiger partial charge is 0.322 e. The van der Waals surface area contributed by atoms with E-state index in [1.165, 1.54) is 30.3 Å². The molecular formula is C21H17F4N3O2. The van der Waals surface area contributed by atoms with Crippen LogP contribution >= 0.6 is 0 Å². The number of nitrogens with two attached hydrogens (primary N) is 1. The number of benzene rings is 1. The van der Waals surface area contributed by atoms with Crippen LogP contribution < -0.4 is 10.5 Å². The fraction of sp³-hybridized carbons (Fsp3) is 0.238. The summed E-state index contributed by atoms with van der Waals surface area (Å²) in [6.45, 7) is -1.01. The summed E-state index contributed by atoms with van der Waals surface area (Å²) in [5, 5.41) is 19.4. The van der Waals surface area contributed by atoms with Gasteiger partial charge in [-0.2, -0.15) is 14.0 Å². The molecule has 1 aromatic carbocycles. The number of rotatable bonds is 6. The van der Waals surface area contributed by atoms with Crippen LogP contribution in [-0.4, -0.2) is 28.4 Å². The van der Waals surface area contributed by atoms with Crippen molar-refractivity contribution in [2.45, 2.75) is 24.1 Å². The van der Waals surface area contributed by atoms with Gasteiger partial charge in [-0.05, 0) is 42.5 Å². The number of alkyl halides is 3. The largest absolute Gasteiger partial charge is 0.456 e. The second-order valence-corrected chi connectivity index (χ2v) is 6.66. The summed E-state index contributed by atoms with van der Waals surface area (Å²) in [5.41, 5.74) is 1.15. The highest BCUT2D eigenvalue weighted by Crippen LogP contribution is 2.45. The van der Waals surface area contributed by atoms with Crippen molar-refractivity contribution >= 4 is 0 Å². The van der Waals surface area contributed by atoms with Crippen LogP contribution in [0, 0.1) is 11.3 Å². The van der Waals surface area contributed by atoms with Crippen LogP contribution in [0.3, 0.4) is 0 Å². The first-order chi connectivity index (χ1) is 14.2. The number of hydrogen-bond donors (Lipinski definition) is 2. The molecule has 0 saturated heterocycles. The molecule has 2 atom stereocenters. The van der Waals surface area contributed by atoms with E-state index in [0.717, 1.165) is 24.4 Å². The van der Waals surface area contributed by atoms with Crippen LogP contribution in [0.4, 0.5) is 17.6 Å². The average Bonchev–Trinajstić information content (AvgIpc) is 2.74. The molecule has 0 aliphatic heterocycles. The molecule has 3 N–H and O–H groups in total. The van der Waals surface area contributed by atoms with Crippen molar-refractivity contribution in [1.29, 1.82) is 5.26 Å². The Bertz CT molecular complexity index is 1010. The number of nitriles is 1. The second kappa shape index (κ2) is 8.26. The maximum atomic E-state index is 15.1. The number of nitrogens with zero attached hydrogens (tertiary/aromatic N) is 2. The van der Waals surface area contributed by atoms with Gasteiger partial charge >= 0.3 is 5.92 Å². The van der Waals surface area contributed by atoms with Crippen LogP contribution in [0.25, 0.3) is 0 Å². The number of aliphatic hydroxyl groups is 1. The fourth-order valence-electron chi connectivity index (χ4n) is 3.03. The molecule has 3 rings (SSSR count). The Hall–Kier alpha value is -3.22. The van der Waals surface area contributed by atoms with Gasteiger partial charge in [-0.3, -0.25) is 4.98 Å². The fourth-order valence-corrected chi connectivity index (χ4v) is 3.03. The molecule has 0 radical (unpaired) electrons. The molecule has 0 bridgehead atoms. The Morgan fingerprint density at radius 2 is 1.83 bits per heavy atom. The van der Waals surface area contributed by atoms with E-state index in [9.17, 15) is 13.9 Å². The molecule has 1 heterocycles. The summed E-state index contributed by atoms with van der Waals surface area (Å²) in [4.78, 5) is 3.65. The molecule has 2 unspecified atom stereocenters. The van der Waals surface area contributed by atoms with Crippen LogP contribution in [0.15, 0.2) is 66.1 Å². The van der Waals surface area contributed by atoms with Gasteiger partial charge in [0.1, 0.15) is 29.2 Å². The predicted molar refractivity (Wildman–Crippen MR) is 100 cm³/mol. The lowest BCUT2D eigenvalue weighted by Crippen LogP contribution is -2.55. The lowest BCUT2D eigenvalue weighted by molar-refractivity contribution is -0.169. The molecule has 1 aromatic heterocycles. The maximum absolute atomic E-state index is 15.1. The normalized spacial score (nSPS) is 18.6. The van der Waals surface area contributed by atoms with E-state index in [-0.39, 0.29) is 5.75 Å². The summed E-state index contributed by atoms with van der Waals surface area (Å²) < 4.78 is 63.2. The van der Waals surface area contributed by atoms with Crippen molar-refractivity contribution < 1.29 is 27.4 Å². The molecule has 156 valence electrons. The molecule has 1 aliphatic carbocycles. The maximum Gasteiger partial charge on any atom is 0.322 e. The van der Waals surface area contributed by atoms with E-state index < -0.39 is 47.8 Å². The van der Waals surface area contributed by atoms with Gasteiger partial charge in [0.05, 0.1) is 17.8 Å². The van der Waals surface area contributed by atoms with E-state index in [1.807, 2.05) is 6.07 Å². The highest BCUT2D eigenvalue weighted by molar-refractivity contribution is 5.39. The van der Waals surface area contributed by atoms with Gasteiger partial charge in [0.15, 0.2) is 5.60 Å². The van der Waals surface area contributed by atoms with Gasteiger partial charge in [0, 0.05) is 18.5 Å². The molecule has 0 saturated carbocycles. The number of aromatic nitrogens is 1. The first kappa shape index (κ1) is 21.5. The molecule has 0 fully saturated rings. The van der Waals surface area contributed by atoms with Crippen molar-refractivity contribution in [2.24, 2.45) is 5.73 Å². The SMILES string of the molecule is N#Cc1ccc(Oc2ccc(C(F)(F)C(O)(CN)C3=CC=C(F)CC3F)nc2)cc1. The number of pyridine rings is 1. The molecule has 2 aromatic rings. The van der Waals surface area contributed by atoms with E-state index in [0.29, 0.717) is 11.3 Å². The van der Waals surface area contributed by atoms with Gasteiger partial charge in [0.25, 0.3) is 0 Å². The average molecular weight is 419 g/mol. The van der Waals surface area contributed by atoms with Crippen molar-refractivity contribution in [3.63, 3.8) is 0 Å². The first-order valence-electron chi connectivity index (χ1n) is 8.87. The van der Waals surface area contributed by atoms with Crippen LogP contribution in [0.2, 0.25) is 0 Å². The topological polar surface area (TPSA) is 92.2 Å². The minimum atomic E-state index is -4.06. The van der Waals surface area contributed by atoms with Gasteiger partial charge in [0.2, 0.25) is 0 Å². The zero-order valence-corrected chi connectivity index (χ0v) is 15.5. The molecule has 5 nitrogen and oxygen atoms in total. The molecular weight excluding hydrogens is 402 g/mol. The Morgan fingerprint density at radius 1 is 1.17 bits per heavy atom. The van der Waals surface area contributed by atoms with Crippen molar-refractivity contribution in [3.8, 4) is 17.6 Å². The predicted octanol–water partition coefficient (Wildman–Crippen LogP) is 4.05. The highest BCUT2D eigenvalue weighted by Gasteiger charge is 2.58. The molecule has 30 heavy (non-hydrogen) atoms. The summed E-state index contributed by atoms with van der Waals surface area (Å²) in [5.74, 6) is -4.40. The lowest BCUT2D eigenvalue weighted by Gasteiger charge is -2.38. The summed E-state index contributed by atoms with van der Waals surface area (Å²) in [6.07, 6.45) is -0.278. The standard InChI is InChI=1S/C21H17F4N3O2/c22-14-3-7-17(18(23)9-14)20(29,12-27)21(24,25)19-8-6-16(11-28-19)30-15-4-1-13(10-26)2-5-15/h1-8,11,18,29H,9,12,27H2. The zero-order valence-electron chi connectivity index (χ0n) is 15.5. The lowest BCUT2D eigenvalue weighted by atomic mass is 9.80. The van der Waals surface area contributed by atoms with Gasteiger partial charge in [-0.15, -0.1) is 0 Å². The number of hydrogen-bond acceptors (Lipinski definition) is 5. The number of ether oxygens (including phenoxy) is 1. The Labute approximate surface area is 169 Å². The van der Waals surface area contributed by atoms with Crippen LogP contribution in [0.5, 0.6) is 11.5 Å². The van der Waals surface area contributed by atoms with Gasteiger partial charge < -0.3 is 15.6 Å². The van der Waals surface area contributed by atoms with Crippen LogP contribution in [-0.2, 0) is 5.92 Å². The number of halogens is 4. The van der Waals surface area contributed by atoms with E-state index in [2.05, 4.69) is 4.98 Å². The summed E-state index contributed by atoms with van der Waals surface area (Å²) >= 11 is 0. The Balaban J connectivity index is 1.86. The highest BCUT2D eigenvalue weighted by atomic mass is 19.3. The van der Waals surface area contributed by atoms with Gasteiger partial charge in [-0.1, -0.05) is 6.08 Å². The Kier molecular flexibility index (Phi) is 5.92. The molecule has 9 heteroatoms. The summed E-state index contributed by atoms with van der Waals surface area (Å²) in [7, 11) is 0. The monoisotopic (exact) mass is 419 g/mol. The second-order valence-electron chi connectivity index (χ2n) is 6.66. The van der Waals surface area contributed by atoms with Gasteiger partial charge in [-0.25, -0.2) is 8.78 Å². The zero-order chi connectivity index (χ0) is 21.9. The Morgan fingerprint density at radius 3 is 2.37 bits per heavy atom. The van der Waals surface area contributed by atoms with Crippen molar-refractivity contribution in [3.05, 3.63) is 77.4 Å². The minimum Gasteiger partial charge on any atom is -0.456 e. The van der Waals surface area contributed by atoms with Crippen LogP contribution in [0.1, 0.15) is 17.7 Å². The molecule has 0 amide bonds. The number of allylic oxidation sites excluding steroid dienone is 3. The minimum absolute atomic E-state index is 0.126. The first-order valence-corrected chi connectivity index (χ1v) is 8.87. The third-order valence-electron chi connectivity index (χ3n) is 4.72. The third kappa shape index (κ3) is 3.92. The van der Waals surface area contributed by atoms with Crippen molar-refractivity contribution in [1.82, 2.24) is 4.98 Å². The van der Waals surface area contributed by atoms with E-state index in [4.69, 9.17) is 15.7 Å². The third-order valence-corrected chi connectivity index (χ3v) is 4.72. The molecule has 0 spiro atoms. The molecule has 1 aliphatic rings. The van der Waals surface area contributed by atoms with E-state index >= 15 is 8.78 Å².